The molecule has 31 heavy (non-hydrogen) atoms. The molecule has 1 saturated carbocycles. The summed E-state index contributed by atoms with van der Waals surface area (Å²) in [5.41, 5.74) is 11.2. The zero-order valence-electron chi connectivity index (χ0n) is 16.8. The average molecular weight is 423 g/mol. The second kappa shape index (κ2) is 8.42. The summed E-state index contributed by atoms with van der Waals surface area (Å²) in [6.45, 7) is 2.02. The lowest BCUT2D eigenvalue weighted by atomic mass is 10.1. The standard InChI is InChI=1S/C20H20FN7.CH2O2/c1-10-18(17-8-15(27-28-17)11-2-3-11)19(22)26-20(25-10)24-9-12-6-13(21)7-16-14(12)4-5-23-16;2-1-3/h4-8,11,23H,2-3,9H2,1H3,(H,27,28)(H3,22,24,25,26);1H,(H,2,3). The van der Waals surface area contributed by atoms with E-state index in [9.17, 15) is 4.39 Å². The fourth-order valence-electron chi connectivity index (χ4n) is 3.58. The van der Waals surface area contributed by atoms with Crippen LogP contribution in [0.5, 0.6) is 0 Å². The van der Waals surface area contributed by atoms with Crippen molar-refractivity contribution in [2.75, 3.05) is 11.1 Å². The second-order valence-electron chi connectivity index (χ2n) is 7.34. The van der Waals surface area contributed by atoms with Crippen molar-refractivity contribution in [2.45, 2.75) is 32.2 Å². The number of halogens is 1. The molecule has 6 N–H and O–H groups in total. The number of nitrogens with one attached hydrogen (secondary N) is 3. The average Bonchev–Trinajstić information content (AvgIpc) is 3.26. The Morgan fingerprint density at radius 2 is 2.10 bits per heavy atom. The van der Waals surface area contributed by atoms with E-state index in [4.69, 9.17) is 15.6 Å². The van der Waals surface area contributed by atoms with E-state index in [2.05, 4.69) is 30.5 Å². The molecule has 3 heterocycles. The Labute approximate surface area is 176 Å². The molecular formula is C21H22FN7O2. The fourth-order valence-corrected chi connectivity index (χ4v) is 3.58. The Bertz CT molecular complexity index is 1210. The van der Waals surface area contributed by atoms with Gasteiger partial charge in [0.25, 0.3) is 6.47 Å². The summed E-state index contributed by atoms with van der Waals surface area (Å²) in [5, 5.41) is 18.5. The molecule has 0 atom stereocenters. The first-order valence-electron chi connectivity index (χ1n) is 9.77. The van der Waals surface area contributed by atoms with Gasteiger partial charge in [0.05, 0.1) is 17.0 Å². The first-order chi connectivity index (χ1) is 15.0. The Kier molecular flexibility index (Phi) is 5.52. The van der Waals surface area contributed by atoms with Gasteiger partial charge in [0.2, 0.25) is 5.95 Å². The normalized spacial score (nSPS) is 13.0. The SMILES string of the molecule is Cc1nc(NCc2cc(F)cc3[nH]ccc23)nc(N)c1-c1cc(C2CC2)[nH]n1.O=CO. The molecule has 5 rings (SSSR count). The largest absolute Gasteiger partial charge is 0.483 e. The number of H-pyrrole nitrogens is 2. The van der Waals surface area contributed by atoms with Gasteiger partial charge < -0.3 is 21.1 Å². The highest BCUT2D eigenvalue weighted by molar-refractivity contribution is 5.83. The van der Waals surface area contributed by atoms with Gasteiger partial charge in [-0.2, -0.15) is 10.1 Å². The molecule has 0 spiro atoms. The molecule has 1 aromatic carbocycles. The second-order valence-corrected chi connectivity index (χ2v) is 7.34. The minimum Gasteiger partial charge on any atom is -0.483 e. The van der Waals surface area contributed by atoms with Crippen LogP contribution in [0.3, 0.4) is 0 Å². The van der Waals surface area contributed by atoms with Crippen molar-refractivity contribution in [1.29, 1.82) is 0 Å². The lowest BCUT2D eigenvalue weighted by Crippen LogP contribution is -2.08. The van der Waals surface area contributed by atoms with E-state index >= 15 is 0 Å². The molecule has 0 saturated heterocycles. The van der Waals surface area contributed by atoms with Crippen molar-refractivity contribution in [2.24, 2.45) is 0 Å². The van der Waals surface area contributed by atoms with Crippen LogP contribution in [-0.2, 0) is 11.3 Å². The van der Waals surface area contributed by atoms with Crippen molar-refractivity contribution in [1.82, 2.24) is 25.1 Å². The number of nitrogen functional groups attached to an aromatic ring is 1. The highest BCUT2D eigenvalue weighted by Gasteiger charge is 2.26. The number of benzene rings is 1. The van der Waals surface area contributed by atoms with Gasteiger partial charge in [-0.05, 0) is 49.6 Å². The topological polar surface area (TPSA) is 146 Å². The number of carbonyl (C=O) groups is 1. The van der Waals surface area contributed by atoms with Gasteiger partial charge in [-0.1, -0.05) is 0 Å². The predicted octanol–water partition coefficient (Wildman–Crippen LogP) is 3.57. The predicted molar refractivity (Wildman–Crippen MR) is 115 cm³/mol. The first-order valence-corrected chi connectivity index (χ1v) is 9.77. The number of carboxylic acid groups (broad SMARTS) is 1. The van der Waals surface area contributed by atoms with Crippen molar-refractivity contribution in [3.05, 3.63) is 53.2 Å². The van der Waals surface area contributed by atoms with E-state index in [0.717, 1.165) is 39.1 Å². The van der Waals surface area contributed by atoms with Gasteiger partial charge in [0.1, 0.15) is 11.6 Å². The lowest BCUT2D eigenvalue weighted by molar-refractivity contribution is -0.122. The van der Waals surface area contributed by atoms with E-state index < -0.39 is 0 Å². The summed E-state index contributed by atoms with van der Waals surface area (Å²) in [5.74, 6) is 1.07. The number of anilines is 2. The zero-order chi connectivity index (χ0) is 22.0. The van der Waals surface area contributed by atoms with Crippen LogP contribution in [0.25, 0.3) is 22.2 Å². The lowest BCUT2D eigenvalue weighted by Gasteiger charge is -2.11. The van der Waals surface area contributed by atoms with Crippen LogP contribution in [-0.4, -0.2) is 36.7 Å². The van der Waals surface area contributed by atoms with E-state index in [1.165, 1.54) is 25.0 Å². The summed E-state index contributed by atoms with van der Waals surface area (Å²) >= 11 is 0. The smallest absolute Gasteiger partial charge is 0.290 e. The number of hydrogen-bond acceptors (Lipinski definition) is 6. The molecule has 3 aromatic heterocycles. The maximum Gasteiger partial charge on any atom is 0.290 e. The van der Waals surface area contributed by atoms with Crippen molar-refractivity contribution in [3.63, 3.8) is 0 Å². The van der Waals surface area contributed by atoms with E-state index in [1.54, 1.807) is 6.20 Å². The molecule has 160 valence electrons. The molecule has 4 aromatic rings. The highest BCUT2D eigenvalue weighted by atomic mass is 19.1. The van der Waals surface area contributed by atoms with Gasteiger partial charge in [-0.3, -0.25) is 9.89 Å². The monoisotopic (exact) mass is 423 g/mol. The molecule has 0 aliphatic heterocycles. The van der Waals surface area contributed by atoms with Crippen LogP contribution in [0.1, 0.15) is 35.7 Å². The maximum absolute atomic E-state index is 13.8. The Morgan fingerprint density at radius 1 is 1.32 bits per heavy atom. The number of rotatable bonds is 5. The van der Waals surface area contributed by atoms with E-state index in [0.29, 0.717) is 24.2 Å². The van der Waals surface area contributed by atoms with Gasteiger partial charge >= 0.3 is 0 Å². The molecule has 10 heteroatoms. The number of nitrogens with zero attached hydrogens (tertiary/aromatic N) is 3. The van der Waals surface area contributed by atoms with Gasteiger partial charge in [0.15, 0.2) is 0 Å². The third-order valence-corrected chi connectivity index (χ3v) is 5.15. The zero-order valence-corrected chi connectivity index (χ0v) is 16.8. The third kappa shape index (κ3) is 4.32. The molecule has 0 bridgehead atoms. The summed E-state index contributed by atoms with van der Waals surface area (Å²) in [6.07, 6.45) is 4.19. The summed E-state index contributed by atoms with van der Waals surface area (Å²) in [4.78, 5) is 20.3. The quantitative estimate of drug-likeness (QED) is 0.308. The molecule has 1 fully saturated rings. The summed E-state index contributed by atoms with van der Waals surface area (Å²) in [7, 11) is 0. The van der Waals surface area contributed by atoms with Crippen LogP contribution in [0.15, 0.2) is 30.5 Å². The van der Waals surface area contributed by atoms with Crippen molar-refractivity contribution in [3.8, 4) is 11.3 Å². The first kappa shape index (κ1) is 20.3. The maximum atomic E-state index is 13.8. The van der Waals surface area contributed by atoms with Crippen LogP contribution in [0.4, 0.5) is 16.2 Å². The number of hydrogen-bond donors (Lipinski definition) is 5. The third-order valence-electron chi connectivity index (χ3n) is 5.15. The van der Waals surface area contributed by atoms with Gasteiger partial charge in [-0.25, -0.2) is 9.37 Å². The highest BCUT2D eigenvalue weighted by Crippen LogP contribution is 2.40. The Morgan fingerprint density at radius 3 is 2.81 bits per heavy atom. The minimum absolute atomic E-state index is 0.250. The van der Waals surface area contributed by atoms with Crippen LogP contribution in [0, 0.1) is 12.7 Å². The molecule has 0 amide bonds. The summed E-state index contributed by atoms with van der Waals surface area (Å²) < 4.78 is 13.8. The Hall–Kier alpha value is -3.95. The molecule has 1 aliphatic rings. The molecule has 0 unspecified atom stereocenters. The molecule has 0 radical (unpaired) electrons. The fraction of sp³-hybridized carbons (Fsp3) is 0.238. The van der Waals surface area contributed by atoms with Crippen molar-refractivity contribution < 1.29 is 14.3 Å². The Balaban J connectivity index is 0.000000730. The van der Waals surface area contributed by atoms with E-state index in [-0.39, 0.29) is 12.3 Å². The van der Waals surface area contributed by atoms with Crippen molar-refractivity contribution >= 4 is 29.1 Å². The summed E-state index contributed by atoms with van der Waals surface area (Å²) in [6, 6.07) is 6.94. The molecular weight excluding hydrogens is 401 g/mol. The number of nitrogens with two attached hydrogens (primary N) is 1. The van der Waals surface area contributed by atoms with Crippen LogP contribution in [0.2, 0.25) is 0 Å². The van der Waals surface area contributed by atoms with Gasteiger partial charge in [-0.15, -0.1) is 0 Å². The number of aromatic amines is 2. The molecule has 9 nitrogen and oxygen atoms in total. The van der Waals surface area contributed by atoms with Gasteiger partial charge in [0, 0.05) is 35.3 Å². The number of aromatic nitrogens is 5. The van der Waals surface area contributed by atoms with Crippen LogP contribution >= 0.6 is 0 Å². The van der Waals surface area contributed by atoms with Crippen LogP contribution < -0.4 is 11.1 Å². The number of fused-ring (bicyclic) bond motifs is 1. The number of aryl methyl sites for hydroxylation is 1. The van der Waals surface area contributed by atoms with E-state index in [1.807, 2.05) is 19.1 Å². The molecule has 1 aliphatic carbocycles. The minimum atomic E-state index is -0.288.